The van der Waals surface area contributed by atoms with Gasteiger partial charge in [0.2, 0.25) is 0 Å². The molecule has 0 aromatic carbocycles. The van der Waals surface area contributed by atoms with Crippen LogP contribution < -0.4 is 0 Å². The van der Waals surface area contributed by atoms with Crippen LogP contribution in [-0.2, 0) is 4.84 Å². The molecule has 0 saturated heterocycles. The van der Waals surface area contributed by atoms with E-state index in [1.54, 1.807) is 0 Å². The lowest BCUT2D eigenvalue weighted by Gasteiger charge is -2.14. The molecule has 0 atom stereocenters. The van der Waals surface area contributed by atoms with Crippen LogP contribution in [0.5, 0.6) is 0 Å². The van der Waals surface area contributed by atoms with Crippen molar-refractivity contribution in [2.45, 2.75) is 19.3 Å². The molecule has 2 N–H and O–H groups in total. The summed E-state index contributed by atoms with van der Waals surface area (Å²) < 4.78 is 0. The fourth-order valence-corrected chi connectivity index (χ4v) is 0.149. The molecule has 8 heavy (non-hydrogen) atoms. The van der Waals surface area contributed by atoms with E-state index in [0.29, 0.717) is 0 Å². The van der Waals surface area contributed by atoms with Gasteiger partial charge in [-0.3, -0.25) is 0 Å². The van der Waals surface area contributed by atoms with E-state index >= 15 is 0 Å². The molecular weight excluding hydrogens is 110 g/mol. The van der Waals surface area contributed by atoms with Gasteiger partial charge in [0, 0.05) is 6.42 Å². The van der Waals surface area contributed by atoms with E-state index in [1.165, 1.54) is 6.92 Å². The summed E-state index contributed by atoms with van der Waals surface area (Å²) in [6.45, 7) is 5.99. The van der Waals surface area contributed by atoms with E-state index in [4.69, 9.17) is 10.2 Å². The summed E-state index contributed by atoms with van der Waals surface area (Å²) in [4.78, 5) is 3.89. The molecule has 0 amide bonds. The molecule has 0 saturated carbocycles. The van der Waals surface area contributed by atoms with Crippen molar-refractivity contribution in [1.29, 1.82) is 0 Å². The quantitative estimate of drug-likeness (QED) is 0.299. The topological polar surface area (TPSA) is 62.0 Å². The Morgan fingerprint density at radius 3 is 2.38 bits per heavy atom. The maximum atomic E-state index is 8.48. The van der Waals surface area contributed by atoms with Gasteiger partial charge in [0.15, 0.2) is 0 Å². The summed E-state index contributed by atoms with van der Waals surface area (Å²) in [6, 6.07) is 0. The molecule has 0 spiro atoms. The third-order valence-electron chi connectivity index (χ3n) is 0.659. The molecule has 0 fully saturated rings. The molecule has 4 nitrogen and oxygen atoms in total. The van der Waals surface area contributed by atoms with E-state index in [1.807, 2.05) is 0 Å². The van der Waals surface area contributed by atoms with Crippen molar-refractivity contribution in [2.24, 2.45) is 5.16 Å². The second-order valence-corrected chi connectivity index (χ2v) is 1.29. The molecule has 0 aliphatic carbocycles. The Kier molecular flexibility index (Phi) is 2.44. The average molecular weight is 118 g/mol. The fraction of sp³-hybridized carbons (Fsp3) is 0.750. The first kappa shape index (κ1) is 7.39. The first-order valence-corrected chi connectivity index (χ1v) is 2.15. The number of rotatable bonds is 3. The Balaban J connectivity index is 3.53. The third kappa shape index (κ3) is 2.54. The van der Waals surface area contributed by atoms with Gasteiger partial charge in [-0.25, -0.2) is 0 Å². The molecule has 0 bridgehead atoms. The number of nitrogens with zero attached hydrogens (tertiary/aromatic N) is 1. The zero-order chi connectivity index (χ0) is 6.62. The largest absolute Gasteiger partial charge is 0.345 e. The lowest BCUT2D eigenvalue weighted by molar-refractivity contribution is -0.338. The van der Waals surface area contributed by atoms with Crippen LogP contribution in [0.1, 0.15) is 13.3 Å². The van der Waals surface area contributed by atoms with Crippen LogP contribution in [0.15, 0.2) is 5.16 Å². The molecule has 0 rings (SSSR count). The Hall–Kier alpha value is -0.610. The van der Waals surface area contributed by atoms with Gasteiger partial charge < -0.3 is 15.1 Å². The minimum absolute atomic E-state index is 0.0215. The monoisotopic (exact) mass is 118 g/mol. The summed E-state index contributed by atoms with van der Waals surface area (Å²) in [7, 11) is 0. The Bertz CT molecular complexity index is 81.4. The van der Waals surface area contributed by atoms with Gasteiger partial charge >= 0.3 is 5.97 Å². The standard InChI is InChI=1S/C4H8NO3/c1-3-4(6,7)8-5-2/h2,6-7H,3H2,1H3. The summed E-state index contributed by atoms with van der Waals surface area (Å²) in [5, 5.41) is 19.5. The van der Waals surface area contributed by atoms with Crippen molar-refractivity contribution in [3.05, 3.63) is 0 Å². The molecule has 0 aliphatic heterocycles. The maximum Gasteiger partial charge on any atom is 0.345 e. The van der Waals surface area contributed by atoms with Crippen molar-refractivity contribution in [3.63, 3.8) is 0 Å². The molecule has 4 heteroatoms. The Morgan fingerprint density at radius 2 is 2.25 bits per heavy atom. The average Bonchev–Trinajstić information content (AvgIpc) is 1.67. The minimum Gasteiger partial charge on any atom is -0.333 e. The highest BCUT2D eigenvalue weighted by Gasteiger charge is 2.21. The molecule has 1 radical (unpaired) electrons. The highest BCUT2D eigenvalue weighted by atomic mass is 16.8. The molecule has 0 aromatic rings. The van der Waals surface area contributed by atoms with Crippen molar-refractivity contribution < 1.29 is 15.1 Å². The van der Waals surface area contributed by atoms with Gasteiger partial charge in [0.1, 0.15) is 0 Å². The molecular formula is C4H8NO3. The van der Waals surface area contributed by atoms with Crippen LogP contribution in [0.4, 0.5) is 0 Å². The molecule has 0 aliphatic rings. The van der Waals surface area contributed by atoms with Gasteiger partial charge in [0.05, 0.1) is 6.72 Å². The maximum absolute atomic E-state index is 8.48. The van der Waals surface area contributed by atoms with E-state index < -0.39 is 5.97 Å². The van der Waals surface area contributed by atoms with Crippen LogP contribution in [0.25, 0.3) is 0 Å². The highest BCUT2D eigenvalue weighted by molar-refractivity contribution is 5.21. The molecule has 0 aromatic heterocycles. The van der Waals surface area contributed by atoms with E-state index in [0.717, 1.165) is 0 Å². The van der Waals surface area contributed by atoms with Crippen molar-refractivity contribution in [1.82, 2.24) is 0 Å². The van der Waals surface area contributed by atoms with Crippen LogP contribution in [0.2, 0.25) is 0 Å². The van der Waals surface area contributed by atoms with Crippen LogP contribution >= 0.6 is 0 Å². The summed E-state index contributed by atoms with van der Waals surface area (Å²) >= 11 is 0. The number of aliphatic hydroxyl groups is 2. The Labute approximate surface area is 47.4 Å². The van der Waals surface area contributed by atoms with E-state index in [9.17, 15) is 0 Å². The predicted molar refractivity (Wildman–Crippen MR) is 27.0 cm³/mol. The summed E-state index contributed by atoms with van der Waals surface area (Å²) in [5.41, 5.74) is 0. The van der Waals surface area contributed by atoms with Gasteiger partial charge in [-0.15, -0.1) is 0 Å². The van der Waals surface area contributed by atoms with Gasteiger partial charge in [0.25, 0.3) is 0 Å². The van der Waals surface area contributed by atoms with Crippen LogP contribution in [0.3, 0.4) is 0 Å². The second-order valence-electron chi connectivity index (χ2n) is 1.29. The zero-order valence-corrected chi connectivity index (χ0v) is 4.53. The first-order valence-electron chi connectivity index (χ1n) is 2.15. The van der Waals surface area contributed by atoms with Crippen LogP contribution in [0, 0.1) is 0 Å². The molecule has 47 valence electrons. The summed E-state index contributed by atoms with van der Waals surface area (Å²) in [6.07, 6.45) is 0.0215. The lowest BCUT2D eigenvalue weighted by atomic mass is 10.4. The normalized spacial score (nSPS) is 10.9. The van der Waals surface area contributed by atoms with Gasteiger partial charge in [-0.2, -0.15) is 0 Å². The minimum atomic E-state index is -2.20. The Morgan fingerprint density at radius 1 is 1.75 bits per heavy atom. The molecule has 0 heterocycles. The first-order chi connectivity index (χ1) is 3.62. The van der Waals surface area contributed by atoms with Crippen molar-refractivity contribution >= 4 is 6.72 Å². The number of hydrogen-bond acceptors (Lipinski definition) is 4. The third-order valence-corrected chi connectivity index (χ3v) is 0.659. The lowest BCUT2D eigenvalue weighted by Crippen LogP contribution is -2.28. The highest BCUT2D eigenvalue weighted by Crippen LogP contribution is 2.05. The molecule has 0 unspecified atom stereocenters. The predicted octanol–water partition coefficient (Wildman–Crippen LogP) is -0.456. The fourth-order valence-electron chi connectivity index (χ4n) is 0.149. The SMILES string of the molecule is [CH]=NOC(O)(O)CC. The van der Waals surface area contributed by atoms with Gasteiger partial charge in [-0.1, -0.05) is 12.1 Å². The van der Waals surface area contributed by atoms with E-state index in [-0.39, 0.29) is 6.42 Å². The summed E-state index contributed by atoms with van der Waals surface area (Å²) in [5.74, 6) is -2.20. The second kappa shape index (κ2) is 2.64. The zero-order valence-electron chi connectivity index (χ0n) is 4.53. The van der Waals surface area contributed by atoms with E-state index in [2.05, 4.69) is 16.7 Å². The van der Waals surface area contributed by atoms with Crippen molar-refractivity contribution in [3.8, 4) is 0 Å². The van der Waals surface area contributed by atoms with Crippen LogP contribution in [-0.4, -0.2) is 22.9 Å². The van der Waals surface area contributed by atoms with Crippen molar-refractivity contribution in [2.75, 3.05) is 0 Å². The smallest absolute Gasteiger partial charge is 0.333 e. The number of hydrogen-bond donors (Lipinski definition) is 2. The van der Waals surface area contributed by atoms with Gasteiger partial charge in [-0.05, 0) is 0 Å².